The number of thioether (sulfide) groups is 1. The van der Waals surface area contributed by atoms with Gasteiger partial charge in [0.1, 0.15) is 0 Å². The second kappa shape index (κ2) is 12.5. The van der Waals surface area contributed by atoms with Crippen molar-refractivity contribution < 1.29 is 14.4 Å². The Morgan fingerprint density at radius 2 is 1.74 bits per heavy atom. The van der Waals surface area contributed by atoms with Crippen LogP contribution in [0.5, 0.6) is 0 Å². The monoisotopic (exact) mass is 548 g/mol. The first-order valence-corrected chi connectivity index (χ1v) is 15.3. The van der Waals surface area contributed by atoms with Crippen LogP contribution in [-0.2, 0) is 22.6 Å². The number of piperidine rings is 1. The van der Waals surface area contributed by atoms with Crippen molar-refractivity contribution in [2.75, 3.05) is 25.0 Å². The van der Waals surface area contributed by atoms with Crippen molar-refractivity contribution in [3.8, 4) is 0 Å². The molecule has 2 unspecified atom stereocenters. The molecule has 1 N–H and O–H groups in total. The first-order chi connectivity index (χ1) is 18.9. The van der Waals surface area contributed by atoms with Gasteiger partial charge in [0.15, 0.2) is 0 Å². The maximum atomic E-state index is 13.4. The number of urea groups is 1. The summed E-state index contributed by atoms with van der Waals surface area (Å²) < 4.78 is 0. The minimum atomic E-state index is -0.312. The predicted molar refractivity (Wildman–Crippen MR) is 156 cm³/mol. The summed E-state index contributed by atoms with van der Waals surface area (Å²) in [5.74, 6) is 0.695. The zero-order valence-corrected chi connectivity index (χ0v) is 23.9. The molecule has 0 bridgehead atoms. The van der Waals surface area contributed by atoms with E-state index in [2.05, 4.69) is 43.4 Å². The number of anilines is 1. The molecule has 3 aliphatic heterocycles. The lowest BCUT2D eigenvalue weighted by Crippen LogP contribution is -2.51. The summed E-state index contributed by atoms with van der Waals surface area (Å²) in [7, 11) is 0. The van der Waals surface area contributed by atoms with E-state index in [0.29, 0.717) is 25.6 Å². The van der Waals surface area contributed by atoms with E-state index in [0.717, 1.165) is 49.9 Å². The van der Waals surface area contributed by atoms with Crippen LogP contribution >= 0.6 is 11.8 Å². The predicted octanol–water partition coefficient (Wildman–Crippen LogP) is 5.36. The first kappa shape index (κ1) is 27.6. The Labute approximate surface area is 236 Å². The van der Waals surface area contributed by atoms with E-state index < -0.39 is 0 Å². The van der Waals surface area contributed by atoms with Crippen LogP contribution in [0.15, 0.2) is 54.6 Å². The molecule has 5 rings (SSSR count). The van der Waals surface area contributed by atoms with Crippen LogP contribution < -0.4 is 5.32 Å². The van der Waals surface area contributed by atoms with E-state index in [1.165, 1.54) is 5.56 Å². The largest absolute Gasteiger partial charge is 0.342 e. The summed E-state index contributed by atoms with van der Waals surface area (Å²) in [5, 5.41) is 2.80. The maximum absolute atomic E-state index is 13.4. The number of hydrogen-bond acceptors (Lipinski definition) is 4. The first-order valence-electron chi connectivity index (χ1n) is 14.3. The lowest BCUT2D eigenvalue weighted by molar-refractivity contribution is -0.137. The van der Waals surface area contributed by atoms with Gasteiger partial charge in [0.2, 0.25) is 11.8 Å². The molecule has 0 saturated carbocycles. The molecule has 8 heteroatoms. The number of carbonyl (C=O) groups is 3. The highest BCUT2D eigenvalue weighted by atomic mass is 32.2. The molecule has 4 amide bonds. The number of carbonyl (C=O) groups excluding carboxylic acids is 3. The molecule has 2 saturated heterocycles. The van der Waals surface area contributed by atoms with Gasteiger partial charge in [0.05, 0.1) is 10.6 Å². The number of hydrogen-bond donors (Lipinski definition) is 1. The number of benzene rings is 2. The Morgan fingerprint density at radius 1 is 1.03 bits per heavy atom. The highest BCUT2D eigenvalue weighted by Crippen LogP contribution is 2.37. The number of rotatable bonds is 9. The fourth-order valence-electron chi connectivity index (χ4n) is 5.83. The Kier molecular flexibility index (Phi) is 8.80. The highest BCUT2D eigenvalue weighted by molar-refractivity contribution is 8.01. The van der Waals surface area contributed by atoms with Crippen LogP contribution in [-0.4, -0.2) is 68.8 Å². The van der Waals surface area contributed by atoms with Crippen molar-refractivity contribution >= 4 is 35.3 Å². The number of para-hydroxylation sites is 1. The average molecular weight is 549 g/mol. The topological polar surface area (TPSA) is 73.0 Å². The number of fused-ring (bicyclic) bond motifs is 1. The van der Waals surface area contributed by atoms with Crippen molar-refractivity contribution in [2.45, 2.75) is 75.6 Å². The number of likely N-dealkylation sites (tertiary alicyclic amines) is 1. The number of nitrogens with zero attached hydrogens (tertiary/aromatic N) is 3. The van der Waals surface area contributed by atoms with Gasteiger partial charge in [0, 0.05) is 44.3 Å². The zero-order valence-electron chi connectivity index (χ0n) is 23.1. The summed E-state index contributed by atoms with van der Waals surface area (Å²) in [5.41, 5.74) is 3.29. The van der Waals surface area contributed by atoms with E-state index in [1.807, 2.05) is 45.0 Å². The molecule has 2 atom stereocenters. The van der Waals surface area contributed by atoms with E-state index in [1.54, 1.807) is 11.8 Å². The third-order valence-electron chi connectivity index (χ3n) is 8.18. The smallest absolute Gasteiger partial charge is 0.322 e. The van der Waals surface area contributed by atoms with Crippen molar-refractivity contribution in [2.24, 2.45) is 5.92 Å². The summed E-state index contributed by atoms with van der Waals surface area (Å²) in [4.78, 5) is 45.3. The Hall–Kier alpha value is -3.00. The van der Waals surface area contributed by atoms with Gasteiger partial charge in [-0.25, -0.2) is 4.79 Å². The highest BCUT2D eigenvalue weighted by Gasteiger charge is 2.41. The minimum absolute atomic E-state index is 0.0558. The van der Waals surface area contributed by atoms with Gasteiger partial charge < -0.3 is 20.0 Å². The summed E-state index contributed by atoms with van der Waals surface area (Å²) >= 11 is 1.67. The third-order valence-corrected chi connectivity index (χ3v) is 9.68. The minimum Gasteiger partial charge on any atom is -0.342 e. The van der Waals surface area contributed by atoms with Gasteiger partial charge >= 0.3 is 6.03 Å². The molecule has 39 heavy (non-hydrogen) atoms. The van der Waals surface area contributed by atoms with Crippen LogP contribution in [0, 0.1) is 5.92 Å². The second-order valence-electron chi connectivity index (χ2n) is 11.3. The molecule has 3 aliphatic rings. The normalized spacial score (nSPS) is 21.9. The van der Waals surface area contributed by atoms with Crippen molar-refractivity contribution in [1.29, 1.82) is 0 Å². The average Bonchev–Trinajstić information content (AvgIpc) is 3.24. The molecule has 208 valence electrons. The molecule has 0 spiro atoms. The fraction of sp³-hybridized carbons (Fsp3) is 0.516. The zero-order chi connectivity index (χ0) is 27.4. The third kappa shape index (κ3) is 6.60. The standard InChI is InChI=1S/C31H40N4O3S/c1-22(2)14-19-34-29(13-12-23-8-4-3-5-9-23)39-27(30(34)37)20-28(36)33-17-15-25(16-18-33)35-21-24-10-6-7-11-26(24)32-31(35)38/h3-11,22,25,27,29H,12-21H2,1-2H3,(H,32,38). The molecule has 0 aromatic heterocycles. The molecule has 7 nitrogen and oxygen atoms in total. The van der Waals surface area contributed by atoms with Gasteiger partial charge in [-0.1, -0.05) is 62.4 Å². The molecule has 3 heterocycles. The number of nitrogens with one attached hydrogen (secondary N) is 1. The molecule has 2 fully saturated rings. The molecular weight excluding hydrogens is 508 g/mol. The summed E-state index contributed by atoms with van der Waals surface area (Å²) in [6.45, 7) is 6.96. The van der Waals surface area contributed by atoms with Crippen LogP contribution in [0.3, 0.4) is 0 Å². The lowest BCUT2D eigenvalue weighted by Gasteiger charge is -2.40. The van der Waals surface area contributed by atoms with Gasteiger partial charge in [-0.15, -0.1) is 11.8 Å². The van der Waals surface area contributed by atoms with Gasteiger partial charge in [-0.05, 0) is 55.2 Å². The Morgan fingerprint density at radius 3 is 2.49 bits per heavy atom. The van der Waals surface area contributed by atoms with Gasteiger partial charge in [-0.2, -0.15) is 0 Å². The Bertz CT molecular complexity index is 1170. The van der Waals surface area contributed by atoms with Gasteiger partial charge in [0.25, 0.3) is 0 Å². The molecular formula is C31H40N4O3S. The van der Waals surface area contributed by atoms with Crippen LogP contribution in [0.2, 0.25) is 0 Å². The molecule has 2 aromatic rings. The Balaban J connectivity index is 1.15. The van der Waals surface area contributed by atoms with E-state index in [9.17, 15) is 14.4 Å². The lowest BCUT2D eigenvalue weighted by atomic mass is 10.0. The summed E-state index contributed by atoms with van der Waals surface area (Å²) in [6.07, 6.45) is 4.56. The molecule has 0 aliphatic carbocycles. The van der Waals surface area contributed by atoms with Crippen LogP contribution in [0.1, 0.15) is 57.1 Å². The van der Waals surface area contributed by atoms with Crippen molar-refractivity contribution in [1.82, 2.24) is 14.7 Å². The van der Waals surface area contributed by atoms with Gasteiger partial charge in [-0.3, -0.25) is 9.59 Å². The molecule has 0 radical (unpaired) electrons. The van der Waals surface area contributed by atoms with E-state index in [4.69, 9.17) is 0 Å². The number of aryl methyl sites for hydroxylation is 1. The quantitative estimate of drug-likeness (QED) is 0.458. The van der Waals surface area contributed by atoms with Crippen molar-refractivity contribution in [3.05, 3.63) is 65.7 Å². The van der Waals surface area contributed by atoms with E-state index >= 15 is 0 Å². The fourth-order valence-corrected chi connectivity index (χ4v) is 7.31. The number of amides is 4. The SMILES string of the molecule is CC(C)CCN1C(=O)C(CC(=O)N2CCC(N3Cc4ccccc4NC3=O)CC2)SC1CCc1ccccc1. The van der Waals surface area contributed by atoms with Crippen LogP contribution in [0.25, 0.3) is 0 Å². The molecule has 2 aromatic carbocycles. The van der Waals surface area contributed by atoms with Crippen molar-refractivity contribution in [3.63, 3.8) is 0 Å². The second-order valence-corrected chi connectivity index (χ2v) is 12.7. The van der Waals surface area contributed by atoms with E-state index in [-0.39, 0.29) is 40.9 Å². The maximum Gasteiger partial charge on any atom is 0.322 e. The van der Waals surface area contributed by atoms with Crippen LogP contribution in [0.4, 0.5) is 10.5 Å². The summed E-state index contributed by atoms with van der Waals surface area (Å²) in [6, 6.07) is 18.4.